The largest absolute Gasteiger partial charge is 0.496 e. The van der Waals surface area contributed by atoms with E-state index < -0.39 is 0 Å². The molecule has 0 fully saturated rings. The zero-order valence-electron chi connectivity index (χ0n) is 11.8. The van der Waals surface area contributed by atoms with Crippen LogP contribution < -0.4 is 4.74 Å². The van der Waals surface area contributed by atoms with Gasteiger partial charge in [-0.2, -0.15) is 4.98 Å². The van der Waals surface area contributed by atoms with Crippen LogP contribution in [-0.4, -0.2) is 29.2 Å². The van der Waals surface area contributed by atoms with Crippen LogP contribution in [0.3, 0.4) is 0 Å². The Morgan fingerprint density at radius 3 is 2.74 bits per heavy atom. The van der Waals surface area contributed by atoms with Crippen molar-refractivity contribution in [2.75, 3.05) is 14.2 Å². The summed E-state index contributed by atoms with van der Waals surface area (Å²) in [4.78, 5) is 6.41. The van der Waals surface area contributed by atoms with Gasteiger partial charge in [-0.1, -0.05) is 23.4 Å². The maximum Gasteiger partial charge on any atom is 0.243 e. The van der Waals surface area contributed by atoms with E-state index in [1.54, 1.807) is 7.11 Å². The molecule has 5 heteroatoms. The summed E-state index contributed by atoms with van der Waals surface area (Å²) in [5.74, 6) is 2.19. The molecule has 0 amide bonds. The van der Waals surface area contributed by atoms with E-state index >= 15 is 0 Å². The summed E-state index contributed by atoms with van der Waals surface area (Å²) in [6.45, 7) is 4.62. The first kappa shape index (κ1) is 13.5. The number of rotatable bonds is 5. The van der Waals surface area contributed by atoms with Gasteiger partial charge in [0.2, 0.25) is 5.89 Å². The van der Waals surface area contributed by atoms with Gasteiger partial charge < -0.3 is 9.26 Å². The van der Waals surface area contributed by atoms with Crippen LogP contribution in [0.4, 0.5) is 0 Å². The number of hydrogen-bond donors (Lipinski definition) is 0. The standard InChI is InChI=1S/C14H19N3O2/c1-10(14-15-11(2)16-19-14)17(3)9-12-7-5-6-8-13(12)18-4/h5-8,10H,9H2,1-4H3. The first-order valence-corrected chi connectivity index (χ1v) is 6.24. The van der Waals surface area contributed by atoms with Crippen molar-refractivity contribution in [2.24, 2.45) is 0 Å². The van der Waals surface area contributed by atoms with E-state index in [0.29, 0.717) is 11.7 Å². The molecule has 2 aromatic rings. The molecule has 0 aliphatic carbocycles. The number of benzene rings is 1. The molecular formula is C14H19N3O2. The van der Waals surface area contributed by atoms with E-state index in [1.165, 1.54) is 0 Å². The van der Waals surface area contributed by atoms with Gasteiger partial charge in [-0.25, -0.2) is 0 Å². The zero-order valence-corrected chi connectivity index (χ0v) is 11.8. The van der Waals surface area contributed by atoms with E-state index in [9.17, 15) is 0 Å². The minimum absolute atomic E-state index is 0.0612. The molecule has 1 aromatic heterocycles. The molecule has 0 bridgehead atoms. The summed E-state index contributed by atoms with van der Waals surface area (Å²) >= 11 is 0. The quantitative estimate of drug-likeness (QED) is 0.828. The summed E-state index contributed by atoms with van der Waals surface area (Å²) < 4.78 is 10.6. The molecule has 1 atom stereocenters. The summed E-state index contributed by atoms with van der Waals surface area (Å²) in [6.07, 6.45) is 0. The third kappa shape index (κ3) is 3.12. The normalized spacial score (nSPS) is 12.7. The molecule has 1 unspecified atom stereocenters. The van der Waals surface area contributed by atoms with Gasteiger partial charge in [0.25, 0.3) is 0 Å². The Labute approximate surface area is 113 Å². The Morgan fingerprint density at radius 2 is 2.11 bits per heavy atom. The third-order valence-electron chi connectivity index (χ3n) is 3.17. The minimum atomic E-state index is 0.0612. The van der Waals surface area contributed by atoms with Crippen LogP contribution in [0.25, 0.3) is 0 Å². The van der Waals surface area contributed by atoms with Crippen molar-refractivity contribution in [1.29, 1.82) is 0 Å². The SMILES string of the molecule is COc1ccccc1CN(C)C(C)c1nc(C)no1. The number of hydrogen-bond acceptors (Lipinski definition) is 5. The van der Waals surface area contributed by atoms with Crippen molar-refractivity contribution < 1.29 is 9.26 Å². The maximum absolute atomic E-state index is 5.36. The fourth-order valence-electron chi connectivity index (χ4n) is 1.91. The lowest BCUT2D eigenvalue weighted by Gasteiger charge is -2.22. The zero-order chi connectivity index (χ0) is 13.8. The van der Waals surface area contributed by atoms with Crippen molar-refractivity contribution in [1.82, 2.24) is 15.0 Å². The molecule has 0 spiro atoms. The Balaban J connectivity index is 2.10. The van der Waals surface area contributed by atoms with Crippen LogP contribution in [0.2, 0.25) is 0 Å². The molecule has 102 valence electrons. The van der Waals surface area contributed by atoms with Crippen molar-refractivity contribution in [3.8, 4) is 5.75 Å². The monoisotopic (exact) mass is 261 g/mol. The van der Waals surface area contributed by atoms with Gasteiger partial charge in [-0.05, 0) is 27.0 Å². The van der Waals surface area contributed by atoms with E-state index in [0.717, 1.165) is 17.9 Å². The molecule has 0 saturated heterocycles. The van der Waals surface area contributed by atoms with E-state index in [4.69, 9.17) is 9.26 Å². The van der Waals surface area contributed by atoms with Crippen LogP contribution in [0.15, 0.2) is 28.8 Å². The summed E-state index contributed by atoms with van der Waals surface area (Å²) in [7, 11) is 3.71. The highest BCUT2D eigenvalue weighted by Crippen LogP contribution is 2.23. The molecule has 2 rings (SSSR count). The fourth-order valence-corrected chi connectivity index (χ4v) is 1.91. The lowest BCUT2D eigenvalue weighted by atomic mass is 10.1. The molecule has 0 aliphatic heterocycles. The van der Waals surface area contributed by atoms with Crippen molar-refractivity contribution in [3.05, 3.63) is 41.5 Å². The Hall–Kier alpha value is -1.88. The van der Waals surface area contributed by atoms with Gasteiger partial charge in [0.1, 0.15) is 5.75 Å². The van der Waals surface area contributed by atoms with Gasteiger partial charge in [0.05, 0.1) is 13.2 Å². The van der Waals surface area contributed by atoms with Crippen LogP contribution in [-0.2, 0) is 6.54 Å². The Kier molecular flexibility index (Phi) is 4.16. The first-order chi connectivity index (χ1) is 9.11. The van der Waals surface area contributed by atoms with Crippen molar-refractivity contribution in [2.45, 2.75) is 26.4 Å². The predicted molar refractivity (Wildman–Crippen MR) is 71.9 cm³/mol. The Bertz CT molecular complexity index is 539. The molecule has 0 radical (unpaired) electrons. The number of aryl methyl sites for hydroxylation is 1. The van der Waals surface area contributed by atoms with Crippen molar-refractivity contribution >= 4 is 0 Å². The summed E-state index contributed by atoms with van der Waals surface area (Å²) in [5, 5.41) is 3.82. The number of ether oxygens (including phenoxy) is 1. The van der Waals surface area contributed by atoms with Gasteiger partial charge >= 0.3 is 0 Å². The molecule has 1 heterocycles. The summed E-state index contributed by atoms with van der Waals surface area (Å²) in [5.41, 5.74) is 1.13. The lowest BCUT2D eigenvalue weighted by Crippen LogP contribution is -2.22. The maximum atomic E-state index is 5.36. The second-order valence-electron chi connectivity index (χ2n) is 4.58. The van der Waals surface area contributed by atoms with Crippen LogP contribution in [0.1, 0.15) is 30.2 Å². The molecular weight excluding hydrogens is 242 g/mol. The topological polar surface area (TPSA) is 51.4 Å². The molecule has 5 nitrogen and oxygen atoms in total. The second-order valence-corrected chi connectivity index (χ2v) is 4.58. The fraction of sp³-hybridized carbons (Fsp3) is 0.429. The minimum Gasteiger partial charge on any atom is -0.496 e. The summed E-state index contributed by atoms with van der Waals surface area (Å²) in [6, 6.07) is 8.05. The number of aromatic nitrogens is 2. The van der Waals surface area contributed by atoms with Crippen molar-refractivity contribution in [3.63, 3.8) is 0 Å². The molecule has 0 N–H and O–H groups in total. The van der Waals surface area contributed by atoms with E-state index in [1.807, 2.05) is 39.1 Å². The smallest absolute Gasteiger partial charge is 0.243 e. The third-order valence-corrected chi connectivity index (χ3v) is 3.17. The van der Waals surface area contributed by atoms with Crippen LogP contribution in [0, 0.1) is 6.92 Å². The predicted octanol–water partition coefficient (Wildman–Crippen LogP) is 2.58. The lowest BCUT2D eigenvalue weighted by molar-refractivity contribution is 0.200. The first-order valence-electron chi connectivity index (χ1n) is 6.24. The second kappa shape index (κ2) is 5.84. The van der Waals surface area contributed by atoms with Gasteiger partial charge in [-0.3, -0.25) is 4.90 Å². The van der Waals surface area contributed by atoms with Gasteiger partial charge in [-0.15, -0.1) is 0 Å². The van der Waals surface area contributed by atoms with E-state index in [2.05, 4.69) is 21.1 Å². The van der Waals surface area contributed by atoms with Gasteiger partial charge in [0.15, 0.2) is 5.82 Å². The molecule has 0 aliphatic rings. The highest BCUT2D eigenvalue weighted by molar-refractivity contribution is 5.33. The highest BCUT2D eigenvalue weighted by Gasteiger charge is 2.18. The van der Waals surface area contributed by atoms with Gasteiger partial charge in [0, 0.05) is 12.1 Å². The molecule has 19 heavy (non-hydrogen) atoms. The average molecular weight is 261 g/mol. The Morgan fingerprint density at radius 1 is 1.37 bits per heavy atom. The average Bonchev–Trinajstić information content (AvgIpc) is 2.85. The number of para-hydroxylation sites is 1. The van der Waals surface area contributed by atoms with Crippen LogP contribution >= 0.6 is 0 Å². The van der Waals surface area contributed by atoms with Crippen LogP contribution in [0.5, 0.6) is 5.75 Å². The molecule has 1 aromatic carbocycles. The molecule has 0 saturated carbocycles. The van der Waals surface area contributed by atoms with E-state index in [-0.39, 0.29) is 6.04 Å². The number of methoxy groups -OCH3 is 1. The number of nitrogens with zero attached hydrogens (tertiary/aromatic N) is 3. The highest BCUT2D eigenvalue weighted by atomic mass is 16.5.